The predicted octanol–water partition coefficient (Wildman–Crippen LogP) is -0.694. The fourth-order valence-electron chi connectivity index (χ4n) is 2.11. The zero-order valence-corrected chi connectivity index (χ0v) is 11.9. The van der Waals surface area contributed by atoms with E-state index in [1.165, 1.54) is 6.20 Å². The van der Waals surface area contributed by atoms with Gasteiger partial charge in [-0.15, -0.1) is 0 Å². The Bertz CT molecular complexity index is 571. The molecule has 1 amide bonds. The number of amides is 1. The van der Waals surface area contributed by atoms with Crippen LogP contribution in [0, 0.1) is 0 Å². The molecule has 2 heterocycles. The first-order chi connectivity index (χ1) is 9.50. The van der Waals surface area contributed by atoms with Crippen LogP contribution in [0.2, 0.25) is 0 Å². The van der Waals surface area contributed by atoms with Crippen molar-refractivity contribution in [2.75, 3.05) is 24.6 Å². The van der Waals surface area contributed by atoms with E-state index in [1.807, 2.05) is 5.43 Å². The molecule has 0 aromatic carbocycles. The Hall–Kier alpha value is -1.51. The summed E-state index contributed by atoms with van der Waals surface area (Å²) in [6.07, 6.45) is 2.11. The Morgan fingerprint density at radius 3 is 2.80 bits per heavy atom. The fraction of sp³-hybridized carbons (Fsp3) is 0.500. The van der Waals surface area contributed by atoms with Crippen LogP contribution < -0.4 is 11.3 Å². The molecule has 1 aromatic heterocycles. The van der Waals surface area contributed by atoms with Crippen molar-refractivity contribution in [3.63, 3.8) is 0 Å². The Morgan fingerprint density at radius 1 is 1.35 bits per heavy atom. The maximum atomic E-state index is 11.5. The quantitative estimate of drug-likeness (QED) is 0.434. The topological polar surface area (TPSA) is 105 Å². The van der Waals surface area contributed by atoms with Crippen molar-refractivity contribution in [3.05, 3.63) is 29.6 Å². The molecule has 3 N–H and O–H groups in total. The van der Waals surface area contributed by atoms with E-state index in [1.54, 1.807) is 12.1 Å². The molecular weight excluding hydrogens is 280 g/mol. The zero-order valence-electron chi connectivity index (χ0n) is 11.1. The molecule has 1 aromatic rings. The third kappa shape index (κ3) is 3.99. The van der Waals surface area contributed by atoms with Crippen molar-refractivity contribution in [1.82, 2.24) is 15.3 Å². The van der Waals surface area contributed by atoms with Gasteiger partial charge in [-0.05, 0) is 25.1 Å². The highest BCUT2D eigenvalue weighted by molar-refractivity contribution is 7.91. The van der Waals surface area contributed by atoms with Gasteiger partial charge in [-0.25, -0.2) is 14.3 Å². The highest BCUT2D eigenvalue weighted by Gasteiger charge is 2.19. The van der Waals surface area contributed by atoms with Gasteiger partial charge in [0.2, 0.25) is 0 Å². The van der Waals surface area contributed by atoms with Gasteiger partial charge >= 0.3 is 0 Å². The third-order valence-corrected chi connectivity index (χ3v) is 4.97. The summed E-state index contributed by atoms with van der Waals surface area (Å²) >= 11 is 0. The molecule has 1 aliphatic heterocycles. The molecule has 0 saturated carbocycles. The Kier molecular flexibility index (Phi) is 4.69. The van der Waals surface area contributed by atoms with E-state index >= 15 is 0 Å². The number of rotatable bonds is 3. The van der Waals surface area contributed by atoms with Crippen molar-refractivity contribution in [2.45, 2.75) is 13.0 Å². The highest BCUT2D eigenvalue weighted by atomic mass is 32.2. The van der Waals surface area contributed by atoms with Gasteiger partial charge in [-0.1, -0.05) is 0 Å². The van der Waals surface area contributed by atoms with Gasteiger partial charge in [0, 0.05) is 19.3 Å². The van der Waals surface area contributed by atoms with Gasteiger partial charge in [0.05, 0.1) is 22.8 Å². The van der Waals surface area contributed by atoms with Crippen molar-refractivity contribution in [2.24, 2.45) is 5.84 Å². The van der Waals surface area contributed by atoms with Gasteiger partial charge < -0.3 is 0 Å². The first-order valence-electron chi connectivity index (χ1n) is 6.39. The molecule has 1 aliphatic rings. The van der Waals surface area contributed by atoms with Crippen LogP contribution in [0.4, 0.5) is 0 Å². The van der Waals surface area contributed by atoms with Gasteiger partial charge in [-0.3, -0.25) is 20.1 Å². The maximum Gasteiger partial charge on any atom is 0.266 e. The number of pyridine rings is 1. The Balaban J connectivity index is 1.98. The van der Waals surface area contributed by atoms with Crippen LogP contribution in [0.5, 0.6) is 0 Å². The number of nitrogen functional groups attached to an aromatic ring is 1. The molecule has 2 rings (SSSR count). The highest BCUT2D eigenvalue weighted by Crippen LogP contribution is 2.09. The van der Waals surface area contributed by atoms with Crippen LogP contribution in [0.1, 0.15) is 22.5 Å². The second-order valence-corrected chi connectivity index (χ2v) is 7.10. The molecule has 110 valence electrons. The van der Waals surface area contributed by atoms with Gasteiger partial charge in [0.1, 0.15) is 0 Å². The van der Waals surface area contributed by atoms with Crippen LogP contribution in [-0.2, 0) is 16.4 Å². The minimum Gasteiger partial charge on any atom is -0.296 e. The average Bonchev–Trinajstić information content (AvgIpc) is 2.60. The first-order valence-corrected chi connectivity index (χ1v) is 8.21. The molecule has 20 heavy (non-hydrogen) atoms. The molecule has 0 bridgehead atoms. The summed E-state index contributed by atoms with van der Waals surface area (Å²) in [6, 6.07) is 3.41. The van der Waals surface area contributed by atoms with Crippen LogP contribution in [-0.4, -0.2) is 48.8 Å². The Morgan fingerprint density at radius 2 is 2.15 bits per heavy atom. The van der Waals surface area contributed by atoms with Gasteiger partial charge in [0.25, 0.3) is 5.91 Å². The number of nitrogens with zero attached hydrogens (tertiary/aromatic N) is 2. The number of aromatic nitrogens is 1. The molecule has 0 unspecified atom stereocenters. The molecule has 0 atom stereocenters. The maximum absolute atomic E-state index is 11.5. The summed E-state index contributed by atoms with van der Waals surface area (Å²) in [7, 11) is -2.89. The summed E-state index contributed by atoms with van der Waals surface area (Å²) in [5, 5.41) is 0. The smallest absolute Gasteiger partial charge is 0.266 e. The Labute approximate surface area is 118 Å². The SMILES string of the molecule is NNC(=O)c1ccc(CN2CCCS(=O)(=O)CC2)nc1. The summed E-state index contributed by atoms with van der Waals surface area (Å²) in [6.45, 7) is 1.85. The van der Waals surface area contributed by atoms with Gasteiger partial charge in [0.15, 0.2) is 9.84 Å². The normalized spacial score (nSPS) is 19.2. The number of nitrogens with one attached hydrogen (secondary N) is 1. The van der Waals surface area contributed by atoms with Crippen molar-refractivity contribution in [1.29, 1.82) is 0 Å². The molecule has 7 nitrogen and oxygen atoms in total. The lowest BCUT2D eigenvalue weighted by Crippen LogP contribution is -2.30. The second kappa shape index (κ2) is 6.29. The zero-order chi connectivity index (χ0) is 14.6. The lowest BCUT2D eigenvalue weighted by molar-refractivity contribution is 0.0953. The molecular formula is C12H18N4O3S. The minimum absolute atomic E-state index is 0.195. The van der Waals surface area contributed by atoms with Crippen molar-refractivity contribution < 1.29 is 13.2 Å². The van der Waals surface area contributed by atoms with E-state index in [4.69, 9.17) is 5.84 Å². The summed E-state index contributed by atoms with van der Waals surface area (Å²) in [5.74, 6) is 5.11. The number of hydrazine groups is 1. The molecule has 1 saturated heterocycles. The number of carbonyl (C=O) groups excluding carboxylic acids is 1. The lowest BCUT2D eigenvalue weighted by Gasteiger charge is -2.18. The predicted molar refractivity (Wildman–Crippen MR) is 74.4 cm³/mol. The largest absolute Gasteiger partial charge is 0.296 e. The second-order valence-electron chi connectivity index (χ2n) is 4.79. The van der Waals surface area contributed by atoms with Crippen LogP contribution in [0.3, 0.4) is 0 Å². The lowest BCUT2D eigenvalue weighted by atomic mass is 10.2. The standard InChI is InChI=1S/C12H18N4O3S/c13-15-12(17)10-2-3-11(14-8-10)9-16-4-1-6-20(18,19)7-5-16/h2-3,8H,1,4-7,9,13H2,(H,15,17). The molecule has 0 radical (unpaired) electrons. The number of nitrogens with two attached hydrogens (primary N) is 1. The van der Waals surface area contributed by atoms with Crippen LogP contribution in [0.25, 0.3) is 0 Å². The molecule has 8 heteroatoms. The monoisotopic (exact) mass is 298 g/mol. The number of carbonyl (C=O) groups is 1. The first kappa shape index (κ1) is 14.9. The molecule has 0 spiro atoms. The van der Waals surface area contributed by atoms with E-state index in [0.29, 0.717) is 25.1 Å². The van der Waals surface area contributed by atoms with Gasteiger partial charge in [-0.2, -0.15) is 0 Å². The third-order valence-electron chi connectivity index (χ3n) is 3.25. The van der Waals surface area contributed by atoms with E-state index in [9.17, 15) is 13.2 Å². The van der Waals surface area contributed by atoms with Crippen molar-refractivity contribution >= 4 is 15.7 Å². The summed E-state index contributed by atoms with van der Waals surface area (Å²) in [4.78, 5) is 17.5. The van der Waals surface area contributed by atoms with Crippen molar-refractivity contribution in [3.8, 4) is 0 Å². The van der Waals surface area contributed by atoms with Crippen LogP contribution >= 0.6 is 0 Å². The number of sulfone groups is 1. The molecule has 0 aliphatic carbocycles. The summed E-state index contributed by atoms with van der Waals surface area (Å²) < 4.78 is 23.0. The van der Waals surface area contributed by atoms with E-state index in [-0.39, 0.29) is 17.4 Å². The molecule has 1 fully saturated rings. The summed E-state index contributed by atoms with van der Waals surface area (Å²) in [5.41, 5.74) is 3.24. The van der Waals surface area contributed by atoms with Crippen LogP contribution in [0.15, 0.2) is 18.3 Å². The van der Waals surface area contributed by atoms with E-state index < -0.39 is 9.84 Å². The van der Waals surface area contributed by atoms with E-state index in [2.05, 4.69) is 9.88 Å². The van der Waals surface area contributed by atoms with E-state index in [0.717, 1.165) is 12.2 Å². The number of hydrogen-bond acceptors (Lipinski definition) is 6. The minimum atomic E-state index is -2.89. The fourth-order valence-corrected chi connectivity index (χ4v) is 3.42. The average molecular weight is 298 g/mol. The number of hydrogen-bond donors (Lipinski definition) is 2.